The van der Waals surface area contributed by atoms with Gasteiger partial charge in [-0.05, 0) is 30.9 Å². The molecule has 4 heteroatoms. The number of carbonyl (C=O) groups is 1. The normalized spacial score (nSPS) is 15.8. The first kappa shape index (κ1) is 11.9. The number of fused-ring (bicyclic) bond motifs is 1. The van der Waals surface area contributed by atoms with Crippen LogP contribution in [0.2, 0.25) is 0 Å². The number of aliphatic carboxylic acids is 1. The summed E-state index contributed by atoms with van der Waals surface area (Å²) in [5.41, 5.74) is 3.66. The highest BCUT2D eigenvalue weighted by molar-refractivity contribution is 5.72. The van der Waals surface area contributed by atoms with Crippen LogP contribution in [0.5, 0.6) is 0 Å². The molecule has 4 nitrogen and oxygen atoms in total. The largest absolute Gasteiger partial charge is 0.480 e. The number of carboxylic acid groups (broad SMARTS) is 1. The third-order valence-corrected chi connectivity index (χ3v) is 3.13. The number of nitrogens with one attached hydrogen (secondary N) is 2. The molecule has 1 aliphatic rings. The van der Waals surface area contributed by atoms with Crippen molar-refractivity contribution in [2.24, 2.45) is 0 Å². The van der Waals surface area contributed by atoms with Crippen molar-refractivity contribution in [2.75, 3.05) is 11.9 Å². The van der Waals surface area contributed by atoms with Gasteiger partial charge < -0.3 is 15.7 Å². The smallest absolute Gasteiger partial charge is 0.320 e. The minimum atomic E-state index is -0.817. The highest BCUT2D eigenvalue weighted by atomic mass is 16.4. The van der Waals surface area contributed by atoms with E-state index in [9.17, 15) is 4.79 Å². The van der Waals surface area contributed by atoms with Crippen LogP contribution in [0.1, 0.15) is 24.5 Å². The van der Waals surface area contributed by atoms with Gasteiger partial charge in [-0.25, -0.2) is 0 Å². The first-order chi connectivity index (χ1) is 8.18. The summed E-state index contributed by atoms with van der Waals surface area (Å²) in [6.07, 6.45) is 2.26. The lowest BCUT2D eigenvalue weighted by Gasteiger charge is -2.22. The van der Waals surface area contributed by atoms with Crippen LogP contribution in [-0.2, 0) is 17.8 Å². The van der Waals surface area contributed by atoms with E-state index in [-0.39, 0.29) is 0 Å². The van der Waals surface area contributed by atoms with Crippen molar-refractivity contribution >= 4 is 11.7 Å². The van der Waals surface area contributed by atoms with Crippen LogP contribution in [0.3, 0.4) is 0 Å². The van der Waals surface area contributed by atoms with Crippen molar-refractivity contribution in [3.63, 3.8) is 0 Å². The molecule has 2 rings (SSSR count). The average molecular weight is 234 g/mol. The van der Waals surface area contributed by atoms with E-state index in [2.05, 4.69) is 16.7 Å². The monoisotopic (exact) mass is 234 g/mol. The number of anilines is 1. The van der Waals surface area contributed by atoms with Gasteiger partial charge in [0.05, 0.1) is 0 Å². The van der Waals surface area contributed by atoms with Gasteiger partial charge in [0.1, 0.15) is 6.04 Å². The Labute approximate surface area is 101 Å². The molecule has 1 aromatic rings. The quantitative estimate of drug-likeness (QED) is 0.740. The van der Waals surface area contributed by atoms with Crippen molar-refractivity contribution in [1.82, 2.24) is 5.32 Å². The van der Waals surface area contributed by atoms with Crippen LogP contribution in [0, 0.1) is 0 Å². The van der Waals surface area contributed by atoms with E-state index >= 15 is 0 Å². The molecule has 17 heavy (non-hydrogen) atoms. The molecule has 1 atom stereocenters. The van der Waals surface area contributed by atoms with Gasteiger partial charge in [-0.3, -0.25) is 4.79 Å². The van der Waals surface area contributed by atoms with Crippen molar-refractivity contribution in [3.05, 3.63) is 29.3 Å². The van der Waals surface area contributed by atoms with E-state index in [1.807, 2.05) is 12.1 Å². The maximum Gasteiger partial charge on any atom is 0.320 e. The number of benzene rings is 1. The predicted molar refractivity (Wildman–Crippen MR) is 67.2 cm³/mol. The number of aryl methyl sites for hydroxylation is 1. The molecule has 1 heterocycles. The van der Waals surface area contributed by atoms with Crippen molar-refractivity contribution in [1.29, 1.82) is 0 Å². The van der Waals surface area contributed by atoms with Crippen LogP contribution >= 0.6 is 0 Å². The van der Waals surface area contributed by atoms with Crippen molar-refractivity contribution < 1.29 is 9.90 Å². The van der Waals surface area contributed by atoms with Crippen LogP contribution in [0.4, 0.5) is 5.69 Å². The Morgan fingerprint density at radius 2 is 2.41 bits per heavy atom. The molecule has 92 valence electrons. The van der Waals surface area contributed by atoms with Gasteiger partial charge in [-0.15, -0.1) is 0 Å². The third-order valence-electron chi connectivity index (χ3n) is 3.13. The predicted octanol–water partition coefficient (Wildman–Crippen LogP) is 1.61. The van der Waals surface area contributed by atoms with Crippen LogP contribution in [0.25, 0.3) is 0 Å². The van der Waals surface area contributed by atoms with Crippen LogP contribution in [-0.4, -0.2) is 23.7 Å². The Kier molecular flexibility index (Phi) is 3.64. The highest BCUT2D eigenvalue weighted by Crippen LogP contribution is 2.25. The zero-order valence-electron chi connectivity index (χ0n) is 9.99. The molecule has 0 bridgehead atoms. The SMILES string of the molecule is CC(NCc1cccc2c1NCCC2)C(=O)O. The Balaban J connectivity index is 2.08. The van der Waals surface area contributed by atoms with Gasteiger partial charge in [-0.1, -0.05) is 18.2 Å². The number of para-hydroxylation sites is 1. The molecule has 0 fully saturated rings. The molecular weight excluding hydrogens is 216 g/mol. The maximum absolute atomic E-state index is 10.7. The van der Waals surface area contributed by atoms with E-state index in [0.717, 1.165) is 24.9 Å². The summed E-state index contributed by atoms with van der Waals surface area (Å²) in [5.74, 6) is -0.817. The molecule has 1 aliphatic heterocycles. The number of hydrogen-bond donors (Lipinski definition) is 3. The summed E-state index contributed by atoms with van der Waals surface area (Å²) in [7, 11) is 0. The van der Waals surface area contributed by atoms with Crippen LogP contribution in [0.15, 0.2) is 18.2 Å². The summed E-state index contributed by atoms with van der Waals surface area (Å²) in [6, 6.07) is 5.69. The number of rotatable bonds is 4. The fourth-order valence-electron chi connectivity index (χ4n) is 2.08. The Bertz CT molecular complexity index is 418. The number of hydrogen-bond acceptors (Lipinski definition) is 3. The van der Waals surface area contributed by atoms with E-state index < -0.39 is 12.0 Å². The van der Waals surface area contributed by atoms with Crippen LogP contribution < -0.4 is 10.6 Å². The first-order valence-corrected chi connectivity index (χ1v) is 5.99. The Hall–Kier alpha value is -1.55. The lowest BCUT2D eigenvalue weighted by Crippen LogP contribution is -2.33. The van der Waals surface area contributed by atoms with Gasteiger partial charge in [0.25, 0.3) is 0 Å². The first-order valence-electron chi connectivity index (χ1n) is 5.99. The molecule has 0 spiro atoms. The van der Waals surface area contributed by atoms with Gasteiger partial charge >= 0.3 is 5.97 Å². The van der Waals surface area contributed by atoms with Gasteiger partial charge in [0.2, 0.25) is 0 Å². The zero-order chi connectivity index (χ0) is 12.3. The Morgan fingerprint density at radius 3 is 3.18 bits per heavy atom. The summed E-state index contributed by atoms with van der Waals surface area (Å²) >= 11 is 0. The zero-order valence-corrected chi connectivity index (χ0v) is 9.99. The molecule has 0 saturated heterocycles. The van der Waals surface area contributed by atoms with E-state index in [1.54, 1.807) is 6.92 Å². The molecule has 0 aliphatic carbocycles. The lowest BCUT2D eigenvalue weighted by molar-refractivity contribution is -0.139. The number of carboxylic acids is 1. The standard InChI is InChI=1S/C13H18N2O2/c1-9(13(16)17)15-8-11-5-2-4-10-6-3-7-14-12(10)11/h2,4-5,9,14-15H,3,6-8H2,1H3,(H,16,17). The fraction of sp³-hybridized carbons (Fsp3) is 0.462. The summed E-state index contributed by atoms with van der Waals surface area (Å²) < 4.78 is 0. The molecular formula is C13H18N2O2. The highest BCUT2D eigenvalue weighted by Gasteiger charge is 2.14. The minimum absolute atomic E-state index is 0.519. The maximum atomic E-state index is 10.7. The second-order valence-corrected chi connectivity index (χ2v) is 4.42. The molecule has 0 radical (unpaired) electrons. The minimum Gasteiger partial charge on any atom is -0.480 e. The van der Waals surface area contributed by atoms with E-state index in [0.29, 0.717) is 6.54 Å². The lowest BCUT2D eigenvalue weighted by atomic mass is 9.99. The second-order valence-electron chi connectivity index (χ2n) is 4.42. The van der Waals surface area contributed by atoms with E-state index in [1.165, 1.54) is 11.3 Å². The molecule has 1 unspecified atom stereocenters. The molecule has 3 N–H and O–H groups in total. The molecule has 1 aromatic carbocycles. The molecule has 0 amide bonds. The second kappa shape index (κ2) is 5.19. The topological polar surface area (TPSA) is 61.4 Å². The fourth-order valence-corrected chi connectivity index (χ4v) is 2.08. The van der Waals surface area contributed by atoms with E-state index in [4.69, 9.17) is 5.11 Å². The van der Waals surface area contributed by atoms with Gasteiger partial charge in [0.15, 0.2) is 0 Å². The molecule has 0 aromatic heterocycles. The average Bonchev–Trinajstić information content (AvgIpc) is 2.35. The van der Waals surface area contributed by atoms with Gasteiger partial charge in [-0.2, -0.15) is 0 Å². The van der Waals surface area contributed by atoms with Crippen molar-refractivity contribution in [3.8, 4) is 0 Å². The third kappa shape index (κ3) is 2.77. The van der Waals surface area contributed by atoms with Crippen molar-refractivity contribution in [2.45, 2.75) is 32.4 Å². The summed E-state index contributed by atoms with van der Waals surface area (Å²) in [6.45, 7) is 3.24. The summed E-state index contributed by atoms with van der Waals surface area (Å²) in [4.78, 5) is 10.7. The molecule has 0 saturated carbocycles. The Morgan fingerprint density at radius 1 is 1.59 bits per heavy atom. The van der Waals surface area contributed by atoms with Gasteiger partial charge in [0, 0.05) is 18.8 Å². The summed E-state index contributed by atoms with van der Waals surface area (Å²) in [5, 5.41) is 15.2.